The third-order valence-corrected chi connectivity index (χ3v) is 2.25. The molecule has 2 nitrogen and oxygen atoms in total. The highest BCUT2D eigenvalue weighted by atomic mass is 35.5. The number of hydrogen-bond donors (Lipinski definition) is 1. The first-order valence-corrected chi connectivity index (χ1v) is 5.15. The summed E-state index contributed by atoms with van der Waals surface area (Å²) >= 11 is 0. The molecule has 0 bridgehead atoms. The van der Waals surface area contributed by atoms with E-state index in [1.807, 2.05) is 0 Å². The average Bonchev–Trinajstić information content (AvgIpc) is 2.24. The first-order chi connectivity index (χ1) is 8.28. The maximum atomic E-state index is 12.0. The summed E-state index contributed by atoms with van der Waals surface area (Å²) in [5.41, 5.74) is 5.89. The standard InChI is InChI=1S/C11H12F5NO.ClH/c12-10(13)18-8-3-1-2-7(6-8)9(17)4-5-11(14,15)16;/h1-3,6,9-10H,4-5,17H2;1H/t9-;/m0./s1. The van der Waals surface area contributed by atoms with E-state index in [-0.39, 0.29) is 24.6 Å². The van der Waals surface area contributed by atoms with Crippen LogP contribution < -0.4 is 10.5 Å². The van der Waals surface area contributed by atoms with Crippen molar-refractivity contribution in [3.05, 3.63) is 29.8 Å². The second-order valence-corrected chi connectivity index (χ2v) is 3.71. The quantitative estimate of drug-likeness (QED) is 0.833. The van der Waals surface area contributed by atoms with Crippen molar-refractivity contribution in [2.45, 2.75) is 31.7 Å². The van der Waals surface area contributed by atoms with E-state index in [1.165, 1.54) is 24.3 Å². The molecule has 0 radical (unpaired) electrons. The van der Waals surface area contributed by atoms with E-state index in [2.05, 4.69) is 4.74 Å². The van der Waals surface area contributed by atoms with E-state index in [4.69, 9.17) is 5.73 Å². The van der Waals surface area contributed by atoms with Crippen molar-refractivity contribution in [2.24, 2.45) is 5.73 Å². The zero-order valence-electron chi connectivity index (χ0n) is 9.66. The van der Waals surface area contributed by atoms with Crippen LogP contribution in [0.15, 0.2) is 24.3 Å². The van der Waals surface area contributed by atoms with Crippen LogP contribution in [0, 0.1) is 0 Å². The summed E-state index contributed by atoms with van der Waals surface area (Å²) in [5, 5.41) is 0. The molecule has 0 heterocycles. The lowest BCUT2D eigenvalue weighted by Crippen LogP contribution is -2.16. The fourth-order valence-electron chi connectivity index (χ4n) is 1.41. The van der Waals surface area contributed by atoms with Crippen LogP contribution in [0.25, 0.3) is 0 Å². The fraction of sp³-hybridized carbons (Fsp3) is 0.455. The van der Waals surface area contributed by atoms with Gasteiger partial charge < -0.3 is 10.5 Å². The summed E-state index contributed by atoms with van der Waals surface area (Å²) in [6, 6.07) is 4.51. The van der Waals surface area contributed by atoms with Gasteiger partial charge in [-0.25, -0.2) is 0 Å². The van der Waals surface area contributed by atoms with Crippen molar-refractivity contribution in [1.29, 1.82) is 0 Å². The van der Waals surface area contributed by atoms with Gasteiger partial charge in [0.15, 0.2) is 0 Å². The minimum absolute atomic E-state index is 0. The van der Waals surface area contributed by atoms with Gasteiger partial charge in [-0.1, -0.05) is 12.1 Å². The van der Waals surface area contributed by atoms with Crippen molar-refractivity contribution in [1.82, 2.24) is 0 Å². The summed E-state index contributed by atoms with van der Waals surface area (Å²) in [5.74, 6) is -0.120. The molecule has 1 rings (SSSR count). The van der Waals surface area contributed by atoms with Crippen LogP contribution in [0.5, 0.6) is 5.75 Å². The topological polar surface area (TPSA) is 35.2 Å². The number of alkyl halides is 5. The molecule has 0 fully saturated rings. The number of halogens is 6. The zero-order chi connectivity index (χ0) is 13.8. The normalized spacial score (nSPS) is 13.0. The minimum Gasteiger partial charge on any atom is -0.435 e. The monoisotopic (exact) mass is 305 g/mol. The van der Waals surface area contributed by atoms with E-state index < -0.39 is 25.3 Å². The smallest absolute Gasteiger partial charge is 0.389 e. The molecule has 1 aromatic rings. The Balaban J connectivity index is 0.00000324. The lowest BCUT2D eigenvalue weighted by molar-refractivity contribution is -0.136. The van der Waals surface area contributed by atoms with Crippen molar-refractivity contribution in [3.8, 4) is 5.75 Å². The Hall–Kier alpha value is -1.08. The predicted octanol–water partition coefficient (Wildman–Crippen LogP) is 4.05. The van der Waals surface area contributed by atoms with Crippen LogP contribution in [0.3, 0.4) is 0 Å². The summed E-state index contributed by atoms with van der Waals surface area (Å²) < 4.78 is 64.1. The first-order valence-electron chi connectivity index (χ1n) is 5.15. The molecule has 0 aliphatic carbocycles. The summed E-state index contributed by atoms with van der Waals surface area (Å²) in [6.45, 7) is -2.98. The Labute approximate surface area is 113 Å². The van der Waals surface area contributed by atoms with E-state index in [1.54, 1.807) is 0 Å². The van der Waals surface area contributed by atoms with Crippen LogP contribution in [-0.4, -0.2) is 12.8 Å². The molecular formula is C11H13ClF5NO. The van der Waals surface area contributed by atoms with Crippen LogP contribution in [0.1, 0.15) is 24.4 Å². The van der Waals surface area contributed by atoms with Crippen LogP contribution in [0.4, 0.5) is 22.0 Å². The van der Waals surface area contributed by atoms with Crippen LogP contribution in [0.2, 0.25) is 0 Å². The van der Waals surface area contributed by atoms with E-state index in [0.29, 0.717) is 5.56 Å². The highest BCUT2D eigenvalue weighted by molar-refractivity contribution is 5.85. The van der Waals surface area contributed by atoms with Crippen molar-refractivity contribution in [2.75, 3.05) is 0 Å². The lowest BCUT2D eigenvalue weighted by atomic mass is 10.0. The summed E-state index contributed by atoms with van der Waals surface area (Å²) in [7, 11) is 0. The van der Waals surface area contributed by atoms with Gasteiger partial charge in [-0.2, -0.15) is 22.0 Å². The molecule has 0 saturated carbocycles. The van der Waals surface area contributed by atoms with Crippen molar-refractivity contribution in [3.63, 3.8) is 0 Å². The Kier molecular flexibility index (Phi) is 7.07. The second-order valence-electron chi connectivity index (χ2n) is 3.71. The highest BCUT2D eigenvalue weighted by Gasteiger charge is 2.27. The number of benzene rings is 1. The average molecular weight is 306 g/mol. The Morgan fingerprint density at radius 1 is 1.21 bits per heavy atom. The van der Waals surface area contributed by atoms with Crippen LogP contribution in [-0.2, 0) is 0 Å². The van der Waals surface area contributed by atoms with E-state index in [0.717, 1.165) is 0 Å². The largest absolute Gasteiger partial charge is 0.435 e. The van der Waals surface area contributed by atoms with Gasteiger partial charge in [0.2, 0.25) is 0 Å². The third kappa shape index (κ3) is 7.17. The molecule has 19 heavy (non-hydrogen) atoms. The number of nitrogens with two attached hydrogens (primary N) is 1. The zero-order valence-corrected chi connectivity index (χ0v) is 10.5. The first kappa shape index (κ1) is 17.9. The molecule has 2 N–H and O–H groups in total. The maximum Gasteiger partial charge on any atom is 0.389 e. The molecule has 0 aliphatic rings. The third-order valence-electron chi connectivity index (χ3n) is 2.25. The Morgan fingerprint density at radius 3 is 2.37 bits per heavy atom. The number of ether oxygens (including phenoxy) is 1. The molecule has 0 aliphatic heterocycles. The molecule has 0 aromatic heterocycles. The van der Waals surface area contributed by atoms with Crippen molar-refractivity contribution >= 4 is 12.4 Å². The summed E-state index contributed by atoms with van der Waals surface area (Å²) in [6.07, 6.45) is -5.61. The van der Waals surface area contributed by atoms with E-state index >= 15 is 0 Å². The molecule has 0 spiro atoms. The van der Waals surface area contributed by atoms with Gasteiger partial charge in [-0.15, -0.1) is 12.4 Å². The highest BCUT2D eigenvalue weighted by Crippen LogP contribution is 2.27. The van der Waals surface area contributed by atoms with Gasteiger partial charge in [0.25, 0.3) is 0 Å². The molecule has 0 saturated heterocycles. The van der Waals surface area contributed by atoms with Gasteiger partial charge in [0, 0.05) is 12.5 Å². The van der Waals surface area contributed by atoms with Gasteiger partial charge in [-0.05, 0) is 24.1 Å². The molecule has 1 aromatic carbocycles. The predicted molar refractivity (Wildman–Crippen MR) is 62.5 cm³/mol. The lowest BCUT2D eigenvalue weighted by Gasteiger charge is -2.14. The van der Waals surface area contributed by atoms with Gasteiger partial charge in [-0.3, -0.25) is 0 Å². The minimum atomic E-state index is -4.28. The number of hydrogen-bond acceptors (Lipinski definition) is 2. The molecule has 0 amide bonds. The Bertz CT molecular complexity index is 386. The van der Waals surface area contributed by atoms with E-state index in [9.17, 15) is 22.0 Å². The molecule has 8 heteroatoms. The van der Waals surface area contributed by atoms with Crippen molar-refractivity contribution < 1.29 is 26.7 Å². The molecular weight excluding hydrogens is 293 g/mol. The maximum absolute atomic E-state index is 12.0. The van der Waals surface area contributed by atoms with Gasteiger partial charge in [0.1, 0.15) is 5.75 Å². The van der Waals surface area contributed by atoms with Gasteiger partial charge in [0.05, 0.1) is 0 Å². The fourth-order valence-corrected chi connectivity index (χ4v) is 1.41. The SMILES string of the molecule is Cl.N[C@@H](CCC(F)(F)F)c1cccc(OC(F)F)c1. The molecule has 110 valence electrons. The molecule has 0 unspecified atom stereocenters. The summed E-state index contributed by atoms with van der Waals surface area (Å²) in [4.78, 5) is 0. The second kappa shape index (κ2) is 7.49. The van der Waals surface area contributed by atoms with Gasteiger partial charge >= 0.3 is 12.8 Å². The number of rotatable bonds is 5. The van der Waals surface area contributed by atoms with Crippen LogP contribution >= 0.6 is 12.4 Å². The Morgan fingerprint density at radius 2 is 1.84 bits per heavy atom. The molecule has 1 atom stereocenters.